The van der Waals surface area contributed by atoms with Crippen molar-refractivity contribution in [2.24, 2.45) is 0 Å². The standard InChI is InChI=1S/C25H22ClN3O4/c26-20-7-2-1-6-19(20)21-12-13-22(25(31)32)29(21)24(30)16-10-8-15(9-11-16)17-4-3-5-18(14-17)23(27)28-33/h1-11,14,21-22,33H,12-13H2,(H2,27,28)(H,31,32)/t21-,22+/m1/s1. The summed E-state index contributed by atoms with van der Waals surface area (Å²) in [7, 11) is 0. The molecule has 2 atom stereocenters. The summed E-state index contributed by atoms with van der Waals surface area (Å²) < 4.78 is 0. The summed E-state index contributed by atoms with van der Waals surface area (Å²) in [5.41, 5.74) is 5.09. The molecule has 4 rings (SSSR count). The molecule has 7 nitrogen and oxygen atoms in total. The Hall–Kier alpha value is -3.68. The van der Waals surface area contributed by atoms with Crippen LogP contribution in [0.5, 0.6) is 0 Å². The van der Waals surface area contributed by atoms with Crippen LogP contribution in [0, 0.1) is 5.41 Å². The molecule has 1 aliphatic rings. The smallest absolute Gasteiger partial charge is 0.326 e. The first-order valence-electron chi connectivity index (χ1n) is 10.4. The number of amidine groups is 1. The molecule has 1 amide bonds. The fourth-order valence-corrected chi connectivity index (χ4v) is 4.52. The van der Waals surface area contributed by atoms with Crippen LogP contribution in [0.4, 0.5) is 0 Å². The molecule has 1 aliphatic heterocycles. The van der Waals surface area contributed by atoms with Crippen LogP contribution in [-0.4, -0.2) is 39.0 Å². The highest BCUT2D eigenvalue weighted by Crippen LogP contribution is 2.40. The molecule has 1 fully saturated rings. The molecule has 0 spiro atoms. The second-order valence-corrected chi connectivity index (χ2v) is 8.23. The summed E-state index contributed by atoms with van der Waals surface area (Å²) >= 11 is 6.36. The van der Waals surface area contributed by atoms with Crippen molar-refractivity contribution in [2.45, 2.75) is 24.9 Å². The van der Waals surface area contributed by atoms with Gasteiger partial charge in [-0.25, -0.2) is 4.79 Å². The minimum atomic E-state index is -1.04. The van der Waals surface area contributed by atoms with E-state index < -0.39 is 18.1 Å². The number of halogens is 1. The van der Waals surface area contributed by atoms with E-state index in [0.717, 1.165) is 16.7 Å². The van der Waals surface area contributed by atoms with E-state index in [-0.39, 0.29) is 11.7 Å². The largest absolute Gasteiger partial charge is 0.480 e. The van der Waals surface area contributed by atoms with Gasteiger partial charge in [-0.15, -0.1) is 0 Å². The minimum absolute atomic E-state index is 0.122. The molecular weight excluding hydrogens is 442 g/mol. The number of amides is 1. The van der Waals surface area contributed by atoms with Crippen LogP contribution in [0.25, 0.3) is 11.1 Å². The number of benzene rings is 3. The van der Waals surface area contributed by atoms with Crippen molar-refractivity contribution in [1.29, 1.82) is 5.41 Å². The summed E-state index contributed by atoms with van der Waals surface area (Å²) in [5.74, 6) is -1.52. The van der Waals surface area contributed by atoms with E-state index in [9.17, 15) is 14.7 Å². The summed E-state index contributed by atoms with van der Waals surface area (Å²) in [5, 5.41) is 26.9. The normalized spacial score (nSPS) is 17.6. The lowest BCUT2D eigenvalue weighted by Crippen LogP contribution is -2.41. The van der Waals surface area contributed by atoms with Gasteiger partial charge in [-0.1, -0.05) is 60.1 Å². The van der Waals surface area contributed by atoms with Gasteiger partial charge >= 0.3 is 5.97 Å². The number of carbonyl (C=O) groups is 2. The SMILES string of the molecule is N=C(NO)c1cccc(-c2ccc(C(=O)N3[C@@H](c4ccccc4Cl)CC[C@H]3C(=O)O)cc2)c1. The minimum Gasteiger partial charge on any atom is -0.480 e. The number of carbonyl (C=O) groups excluding carboxylic acids is 1. The Morgan fingerprint density at radius 1 is 0.939 bits per heavy atom. The van der Waals surface area contributed by atoms with Crippen LogP contribution in [-0.2, 0) is 4.79 Å². The van der Waals surface area contributed by atoms with Crippen LogP contribution in [0.2, 0.25) is 5.02 Å². The third-order valence-corrected chi connectivity index (χ3v) is 6.24. The van der Waals surface area contributed by atoms with Crippen molar-refractivity contribution in [2.75, 3.05) is 0 Å². The van der Waals surface area contributed by atoms with Crippen molar-refractivity contribution in [1.82, 2.24) is 10.4 Å². The number of hydroxylamine groups is 1. The summed E-state index contributed by atoms with van der Waals surface area (Å²) in [6.07, 6.45) is 0.870. The van der Waals surface area contributed by atoms with E-state index in [1.165, 1.54) is 4.90 Å². The first-order chi connectivity index (χ1) is 15.9. The van der Waals surface area contributed by atoms with E-state index in [1.807, 2.05) is 23.7 Å². The Kier molecular flexibility index (Phi) is 6.44. The Morgan fingerprint density at radius 3 is 2.33 bits per heavy atom. The van der Waals surface area contributed by atoms with Gasteiger partial charge in [0, 0.05) is 16.1 Å². The van der Waals surface area contributed by atoms with Crippen molar-refractivity contribution in [3.05, 3.63) is 94.5 Å². The molecule has 1 heterocycles. The van der Waals surface area contributed by atoms with Gasteiger partial charge in [0.15, 0.2) is 0 Å². The Balaban J connectivity index is 1.64. The van der Waals surface area contributed by atoms with Gasteiger partial charge in [0.2, 0.25) is 0 Å². The van der Waals surface area contributed by atoms with Crippen LogP contribution in [0.1, 0.15) is 40.4 Å². The summed E-state index contributed by atoms with van der Waals surface area (Å²) in [4.78, 5) is 26.8. The lowest BCUT2D eigenvalue weighted by Gasteiger charge is -2.29. The van der Waals surface area contributed by atoms with Crippen molar-refractivity contribution < 1.29 is 19.9 Å². The van der Waals surface area contributed by atoms with E-state index >= 15 is 0 Å². The molecular formula is C25H22ClN3O4. The third kappa shape index (κ3) is 4.46. The first kappa shape index (κ1) is 22.5. The fraction of sp³-hybridized carbons (Fsp3) is 0.160. The predicted octanol–water partition coefficient (Wildman–Crippen LogP) is 4.74. The second-order valence-electron chi connectivity index (χ2n) is 7.83. The zero-order valence-electron chi connectivity index (χ0n) is 17.5. The van der Waals surface area contributed by atoms with Gasteiger partial charge < -0.3 is 10.0 Å². The lowest BCUT2D eigenvalue weighted by molar-refractivity contribution is -0.141. The van der Waals surface area contributed by atoms with Gasteiger partial charge in [0.1, 0.15) is 11.9 Å². The van der Waals surface area contributed by atoms with Gasteiger partial charge in [0.05, 0.1) is 6.04 Å². The Bertz CT molecular complexity index is 1210. The van der Waals surface area contributed by atoms with Crippen molar-refractivity contribution in [3.8, 4) is 11.1 Å². The number of carboxylic acid groups (broad SMARTS) is 1. The molecule has 3 aromatic carbocycles. The van der Waals surface area contributed by atoms with Crippen LogP contribution < -0.4 is 5.48 Å². The van der Waals surface area contributed by atoms with Crippen molar-refractivity contribution in [3.63, 3.8) is 0 Å². The molecule has 1 saturated heterocycles. The molecule has 8 heteroatoms. The number of hydrogen-bond acceptors (Lipinski definition) is 4. The predicted molar refractivity (Wildman–Crippen MR) is 125 cm³/mol. The first-order valence-corrected chi connectivity index (χ1v) is 10.8. The molecule has 0 unspecified atom stereocenters. The maximum absolute atomic E-state index is 13.4. The molecule has 0 bridgehead atoms. The average Bonchev–Trinajstić information content (AvgIpc) is 3.29. The Labute approximate surface area is 195 Å². The molecule has 168 valence electrons. The zero-order valence-corrected chi connectivity index (χ0v) is 18.3. The average molecular weight is 464 g/mol. The fourth-order valence-electron chi connectivity index (χ4n) is 4.26. The number of rotatable bonds is 5. The number of carboxylic acids is 1. The number of aliphatic carboxylic acids is 1. The molecule has 3 aromatic rings. The van der Waals surface area contributed by atoms with Gasteiger partial charge in [-0.3, -0.25) is 20.9 Å². The molecule has 4 N–H and O–H groups in total. The van der Waals surface area contributed by atoms with Gasteiger partial charge in [-0.05, 0) is 53.8 Å². The maximum Gasteiger partial charge on any atom is 0.326 e. The van der Waals surface area contributed by atoms with Crippen molar-refractivity contribution >= 4 is 29.3 Å². The lowest BCUT2D eigenvalue weighted by atomic mass is 10.0. The topological polar surface area (TPSA) is 114 Å². The number of hydrogen-bond donors (Lipinski definition) is 4. The molecule has 0 radical (unpaired) electrons. The molecule has 0 aliphatic carbocycles. The number of nitrogens with zero attached hydrogens (tertiary/aromatic N) is 1. The summed E-state index contributed by atoms with van der Waals surface area (Å²) in [6, 6.07) is 19.8. The van der Waals surface area contributed by atoms with E-state index in [0.29, 0.717) is 29.0 Å². The molecule has 33 heavy (non-hydrogen) atoms. The number of likely N-dealkylation sites (tertiary alicyclic amines) is 1. The highest BCUT2D eigenvalue weighted by Gasteiger charge is 2.42. The van der Waals surface area contributed by atoms with E-state index in [4.69, 9.17) is 22.2 Å². The second kappa shape index (κ2) is 9.44. The molecule has 0 aromatic heterocycles. The highest BCUT2D eigenvalue weighted by atomic mass is 35.5. The van der Waals surface area contributed by atoms with Gasteiger partial charge in [0.25, 0.3) is 5.91 Å². The van der Waals surface area contributed by atoms with E-state index in [2.05, 4.69) is 0 Å². The van der Waals surface area contributed by atoms with Crippen LogP contribution in [0.15, 0.2) is 72.8 Å². The van der Waals surface area contributed by atoms with Crippen LogP contribution >= 0.6 is 11.6 Å². The Morgan fingerprint density at radius 2 is 1.67 bits per heavy atom. The summed E-state index contributed by atoms with van der Waals surface area (Å²) in [6.45, 7) is 0. The maximum atomic E-state index is 13.4. The monoisotopic (exact) mass is 463 g/mol. The van der Waals surface area contributed by atoms with E-state index in [1.54, 1.807) is 54.6 Å². The third-order valence-electron chi connectivity index (χ3n) is 5.90. The quantitative estimate of drug-likeness (QED) is 0.248. The molecule has 0 saturated carbocycles. The number of nitrogens with one attached hydrogen (secondary N) is 2. The zero-order chi connectivity index (χ0) is 23.5. The van der Waals surface area contributed by atoms with Gasteiger partial charge in [-0.2, -0.15) is 0 Å². The van der Waals surface area contributed by atoms with Crippen LogP contribution in [0.3, 0.4) is 0 Å². The highest BCUT2D eigenvalue weighted by molar-refractivity contribution is 6.31.